The predicted molar refractivity (Wildman–Crippen MR) is 61.7 cm³/mol. The molecule has 0 radical (unpaired) electrons. The second-order valence-corrected chi connectivity index (χ2v) is 4.58. The molecule has 0 unspecified atom stereocenters. The molecule has 0 spiro atoms. The van der Waals surface area contributed by atoms with Crippen molar-refractivity contribution in [3.05, 3.63) is 24.0 Å². The molecule has 1 aromatic heterocycles. The van der Waals surface area contributed by atoms with E-state index in [9.17, 15) is 9.59 Å². The molecule has 0 atom stereocenters. The van der Waals surface area contributed by atoms with Gasteiger partial charge in [0.05, 0.1) is 5.92 Å². The van der Waals surface area contributed by atoms with Gasteiger partial charge in [-0.25, -0.2) is 0 Å². The minimum atomic E-state index is -0.763. The van der Waals surface area contributed by atoms with Gasteiger partial charge in [-0.1, -0.05) is 0 Å². The summed E-state index contributed by atoms with van der Waals surface area (Å²) in [5.74, 6) is -1.10. The van der Waals surface area contributed by atoms with Crippen molar-refractivity contribution in [2.45, 2.75) is 18.9 Å². The zero-order chi connectivity index (χ0) is 12.6. The number of nitrogens with zero attached hydrogens (tertiary/aromatic N) is 2. The third kappa shape index (κ3) is 2.05. The smallest absolute Gasteiger partial charge is 0.306 e. The highest BCUT2D eigenvalue weighted by Gasteiger charge is 2.38. The molecule has 1 aliphatic carbocycles. The summed E-state index contributed by atoms with van der Waals surface area (Å²) in [6.45, 7) is 0. The molecule has 1 fully saturated rings. The van der Waals surface area contributed by atoms with Crippen LogP contribution in [0.2, 0.25) is 0 Å². The summed E-state index contributed by atoms with van der Waals surface area (Å²) in [7, 11) is 3.56. The molecule has 0 saturated heterocycles. The van der Waals surface area contributed by atoms with Crippen LogP contribution in [-0.4, -0.2) is 39.5 Å². The number of carboxylic acid groups (broad SMARTS) is 1. The molecule has 1 aromatic rings. The van der Waals surface area contributed by atoms with E-state index in [0.29, 0.717) is 18.5 Å². The van der Waals surface area contributed by atoms with Gasteiger partial charge in [0.1, 0.15) is 5.69 Å². The second-order valence-electron chi connectivity index (χ2n) is 4.58. The molecule has 5 nitrogen and oxygen atoms in total. The lowest BCUT2D eigenvalue weighted by Crippen LogP contribution is -2.48. The van der Waals surface area contributed by atoms with E-state index in [1.54, 1.807) is 22.6 Å². The van der Waals surface area contributed by atoms with Crippen molar-refractivity contribution in [3.63, 3.8) is 0 Å². The zero-order valence-corrected chi connectivity index (χ0v) is 9.96. The number of carboxylic acids is 1. The van der Waals surface area contributed by atoms with Crippen LogP contribution in [0.1, 0.15) is 23.3 Å². The molecular formula is C12H16N2O3. The van der Waals surface area contributed by atoms with E-state index in [2.05, 4.69) is 0 Å². The summed E-state index contributed by atoms with van der Waals surface area (Å²) < 4.78 is 1.77. The zero-order valence-electron chi connectivity index (χ0n) is 9.96. The fraction of sp³-hybridized carbons (Fsp3) is 0.500. The van der Waals surface area contributed by atoms with Crippen LogP contribution in [0.5, 0.6) is 0 Å². The number of rotatable bonds is 3. The fourth-order valence-electron chi connectivity index (χ4n) is 2.14. The SMILES string of the molecule is CN(C(=O)c1cccn1C)C1CC(C(=O)O)C1. The molecule has 5 heteroatoms. The number of aryl methyl sites for hydroxylation is 1. The van der Waals surface area contributed by atoms with Crippen molar-refractivity contribution in [2.75, 3.05) is 7.05 Å². The van der Waals surface area contributed by atoms with Gasteiger partial charge in [0, 0.05) is 26.3 Å². The van der Waals surface area contributed by atoms with E-state index in [4.69, 9.17) is 5.11 Å². The lowest BCUT2D eigenvalue weighted by atomic mass is 9.79. The standard InChI is InChI=1S/C12H16N2O3/c1-13-5-3-4-10(13)11(15)14(2)9-6-8(7-9)12(16)17/h3-5,8-9H,6-7H2,1-2H3,(H,16,17). The molecule has 1 heterocycles. The Hall–Kier alpha value is -1.78. The van der Waals surface area contributed by atoms with E-state index in [1.165, 1.54) is 0 Å². The van der Waals surface area contributed by atoms with Gasteiger partial charge < -0.3 is 14.6 Å². The molecule has 1 aliphatic rings. The molecule has 1 N–H and O–H groups in total. The van der Waals surface area contributed by atoms with E-state index in [0.717, 1.165) is 0 Å². The normalized spacial score (nSPS) is 22.9. The number of hydrogen-bond donors (Lipinski definition) is 1. The van der Waals surface area contributed by atoms with Crippen molar-refractivity contribution < 1.29 is 14.7 Å². The Bertz CT molecular complexity index is 446. The Morgan fingerprint density at radius 1 is 1.47 bits per heavy atom. The van der Waals surface area contributed by atoms with E-state index < -0.39 is 5.97 Å². The Balaban J connectivity index is 1.98. The first-order chi connectivity index (χ1) is 8.00. The average Bonchev–Trinajstić information content (AvgIpc) is 2.60. The third-order valence-electron chi connectivity index (χ3n) is 3.49. The van der Waals surface area contributed by atoms with Gasteiger partial charge in [-0.2, -0.15) is 0 Å². The summed E-state index contributed by atoms with van der Waals surface area (Å²) in [6, 6.07) is 3.65. The van der Waals surface area contributed by atoms with E-state index >= 15 is 0 Å². The van der Waals surface area contributed by atoms with Gasteiger partial charge in [-0.15, -0.1) is 0 Å². The Morgan fingerprint density at radius 2 is 2.12 bits per heavy atom. The summed E-state index contributed by atoms with van der Waals surface area (Å²) in [6.07, 6.45) is 2.94. The lowest BCUT2D eigenvalue weighted by Gasteiger charge is -2.39. The molecule has 1 amide bonds. The maximum atomic E-state index is 12.1. The molecule has 92 valence electrons. The van der Waals surface area contributed by atoms with Crippen LogP contribution < -0.4 is 0 Å². The Kier molecular flexibility index (Phi) is 2.92. The highest BCUT2D eigenvalue weighted by atomic mass is 16.4. The molecule has 0 bridgehead atoms. The van der Waals surface area contributed by atoms with Crippen molar-refractivity contribution in [1.29, 1.82) is 0 Å². The number of aliphatic carboxylic acids is 1. The number of carbonyl (C=O) groups excluding carboxylic acids is 1. The number of hydrogen-bond acceptors (Lipinski definition) is 2. The van der Waals surface area contributed by atoms with Gasteiger partial charge in [0.15, 0.2) is 0 Å². The average molecular weight is 236 g/mol. The number of amides is 1. The predicted octanol–water partition coefficient (Wildman–Crippen LogP) is 0.960. The molecule has 17 heavy (non-hydrogen) atoms. The third-order valence-corrected chi connectivity index (χ3v) is 3.49. The molecular weight excluding hydrogens is 220 g/mol. The van der Waals surface area contributed by atoms with Crippen molar-refractivity contribution >= 4 is 11.9 Å². The monoisotopic (exact) mass is 236 g/mol. The van der Waals surface area contributed by atoms with Gasteiger partial charge in [0.2, 0.25) is 0 Å². The fourth-order valence-corrected chi connectivity index (χ4v) is 2.14. The first-order valence-corrected chi connectivity index (χ1v) is 5.62. The molecule has 2 rings (SSSR count). The van der Waals surface area contributed by atoms with Crippen LogP contribution in [0.25, 0.3) is 0 Å². The Labute approximate surface area is 99.6 Å². The van der Waals surface area contributed by atoms with Gasteiger partial charge in [-0.05, 0) is 25.0 Å². The second kappa shape index (κ2) is 4.24. The lowest BCUT2D eigenvalue weighted by molar-refractivity contribution is -0.146. The van der Waals surface area contributed by atoms with Gasteiger partial charge in [-0.3, -0.25) is 9.59 Å². The first-order valence-electron chi connectivity index (χ1n) is 5.62. The number of carbonyl (C=O) groups is 2. The van der Waals surface area contributed by atoms with Crippen LogP contribution in [0.3, 0.4) is 0 Å². The highest BCUT2D eigenvalue weighted by molar-refractivity contribution is 5.93. The minimum Gasteiger partial charge on any atom is -0.481 e. The summed E-state index contributed by atoms with van der Waals surface area (Å²) in [5.41, 5.74) is 0.631. The van der Waals surface area contributed by atoms with Gasteiger partial charge in [0.25, 0.3) is 5.91 Å². The first kappa shape index (κ1) is 11.7. The summed E-state index contributed by atoms with van der Waals surface area (Å²) in [4.78, 5) is 24.4. The van der Waals surface area contributed by atoms with Crippen molar-refractivity contribution in [3.8, 4) is 0 Å². The van der Waals surface area contributed by atoms with Crippen LogP contribution in [-0.2, 0) is 11.8 Å². The van der Waals surface area contributed by atoms with Crippen molar-refractivity contribution in [1.82, 2.24) is 9.47 Å². The van der Waals surface area contributed by atoms with Crippen molar-refractivity contribution in [2.24, 2.45) is 13.0 Å². The van der Waals surface area contributed by atoms with E-state index in [1.807, 2.05) is 19.3 Å². The minimum absolute atomic E-state index is 0.0497. The quantitative estimate of drug-likeness (QED) is 0.850. The number of aromatic nitrogens is 1. The molecule has 1 saturated carbocycles. The topological polar surface area (TPSA) is 62.5 Å². The Morgan fingerprint density at radius 3 is 2.59 bits per heavy atom. The maximum Gasteiger partial charge on any atom is 0.306 e. The summed E-state index contributed by atoms with van der Waals surface area (Å²) >= 11 is 0. The van der Waals surface area contributed by atoms with Gasteiger partial charge >= 0.3 is 5.97 Å². The highest BCUT2D eigenvalue weighted by Crippen LogP contribution is 2.31. The van der Waals surface area contributed by atoms with Crippen LogP contribution >= 0.6 is 0 Å². The molecule has 0 aliphatic heterocycles. The molecule has 0 aromatic carbocycles. The van der Waals surface area contributed by atoms with Crippen LogP contribution in [0.15, 0.2) is 18.3 Å². The summed E-state index contributed by atoms with van der Waals surface area (Å²) in [5, 5.41) is 8.79. The van der Waals surface area contributed by atoms with E-state index in [-0.39, 0.29) is 17.9 Å². The maximum absolute atomic E-state index is 12.1. The van der Waals surface area contributed by atoms with Crippen LogP contribution in [0.4, 0.5) is 0 Å². The largest absolute Gasteiger partial charge is 0.481 e. The van der Waals surface area contributed by atoms with Crippen LogP contribution in [0, 0.1) is 5.92 Å².